The molecule has 0 aromatic heterocycles. The van der Waals surface area contributed by atoms with E-state index >= 15 is 0 Å². The van der Waals surface area contributed by atoms with Gasteiger partial charge in [0.1, 0.15) is 0 Å². The van der Waals surface area contributed by atoms with Crippen molar-refractivity contribution in [3.05, 3.63) is 39.9 Å². The van der Waals surface area contributed by atoms with Crippen LogP contribution in [0, 0.1) is 10.1 Å². The molecule has 1 rings (SSSR count). The van der Waals surface area contributed by atoms with E-state index in [1.165, 1.54) is 24.3 Å². The minimum absolute atomic E-state index is 0. The summed E-state index contributed by atoms with van der Waals surface area (Å²) in [5.74, 6) is 0.0348. The minimum atomic E-state index is -4.37. The standard InChI is InChI=1S/C9H11ClNO6P.Ag/c10-5-6-16-18(14,15)17-7-8-1-3-9(4-2-8)11(12)13;/h1-4H,5-7H2,(H,14,15);/q;+1/p-1. The number of nitro benzene ring substituents is 1. The molecule has 110 valence electrons. The van der Waals surface area contributed by atoms with Crippen LogP contribution in [0.1, 0.15) is 5.56 Å². The molecule has 0 fully saturated rings. The number of nitrogens with zero attached hydrogens (tertiary/aromatic N) is 1. The van der Waals surface area contributed by atoms with Crippen LogP contribution in [0.5, 0.6) is 0 Å². The van der Waals surface area contributed by atoms with E-state index in [9.17, 15) is 19.6 Å². The van der Waals surface area contributed by atoms with Gasteiger partial charge >= 0.3 is 22.4 Å². The van der Waals surface area contributed by atoms with Gasteiger partial charge in [0, 0.05) is 18.0 Å². The molecule has 10 heteroatoms. The Hall–Kier alpha value is -0.240. The third-order valence-corrected chi connectivity index (χ3v) is 2.96. The molecule has 0 saturated heterocycles. The van der Waals surface area contributed by atoms with Gasteiger partial charge < -0.3 is 13.9 Å². The molecule has 0 aliphatic rings. The van der Waals surface area contributed by atoms with Gasteiger partial charge in [-0.15, -0.1) is 11.6 Å². The Kier molecular flexibility index (Phi) is 8.73. The third-order valence-electron chi connectivity index (χ3n) is 1.86. The quantitative estimate of drug-likeness (QED) is 0.227. The summed E-state index contributed by atoms with van der Waals surface area (Å²) < 4.78 is 20.1. The van der Waals surface area contributed by atoms with Gasteiger partial charge in [-0.1, -0.05) is 0 Å². The number of phosphoric acid groups is 1. The molecule has 1 aromatic rings. The molecule has 0 aliphatic carbocycles. The summed E-state index contributed by atoms with van der Waals surface area (Å²) in [6.45, 7) is -0.413. The van der Waals surface area contributed by atoms with Crippen LogP contribution in [0.4, 0.5) is 5.69 Å². The van der Waals surface area contributed by atoms with Crippen LogP contribution < -0.4 is 4.89 Å². The molecule has 1 atom stereocenters. The normalized spacial score (nSPS) is 13.4. The van der Waals surface area contributed by atoms with Crippen molar-refractivity contribution >= 4 is 25.1 Å². The number of hydrogen-bond acceptors (Lipinski definition) is 6. The summed E-state index contributed by atoms with van der Waals surface area (Å²) in [7, 11) is -4.37. The molecule has 0 amide bonds. The molecule has 0 bridgehead atoms. The number of hydrogen-bond donors (Lipinski definition) is 0. The van der Waals surface area contributed by atoms with E-state index in [4.69, 9.17) is 11.6 Å². The molecule has 0 spiro atoms. The van der Waals surface area contributed by atoms with E-state index in [0.29, 0.717) is 5.56 Å². The van der Waals surface area contributed by atoms with Gasteiger partial charge in [-0.3, -0.25) is 14.7 Å². The maximum absolute atomic E-state index is 11.2. The molecule has 7 nitrogen and oxygen atoms in total. The first kappa shape index (κ1) is 18.8. The van der Waals surface area contributed by atoms with Gasteiger partial charge in [-0.05, 0) is 17.7 Å². The van der Waals surface area contributed by atoms with Crippen molar-refractivity contribution in [3.63, 3.8) is 0 Å². The van der Waals surface area contributed by atoms with Crippen molar-refractivity contribution in [1.82, 2.24) is 0 Å². The third kappa shape index (κ3) is 7.20. The molecule has 0 heterocycles. The molecule has 1 aromatic carbocycles. The molecular formula is C9H10AgClNO6P. The summed E-state index contributed by atoms with van der Waals surface area (Å²) in [6.07, 6.45) is 0. The number of rotatable bonds is 7. The maximum Gasteiger partial charge on any atom is 1.00 e. The monoisotopic (exact) mass is 401 g/mol. The van der Waals surface area contributed by atoms with Crippen molar-refractivity contribution in [1.29, 1.82) is 0 Å². The van der Waals surface area contributed by atoms with Crippen molar-refractivity contribution in [2.45, 2.75) is 6.61 Å². The second-order valence-electron chi connectivity index (χ2n) is 3.17. The van der Waals surface area contributed by atoms with Crippen molar-refractivity contribution in [3.8, 4) is 0 Å². The molecule has 0 N–H and O–H groups in total. The number of nitro groups is 1. The summed E-state index contributed by atoms with van der Waals surface area (Å²) in [5, 5.41) is 10.4. The Morgan fingerprint density at radius 1 is 1.26 bits per heavy atom. The molecule has 19 heavy (non-hydrogen) atoms. The topological polar surface area (TPSA) is 102 Å². The predicted octanol–water partition coefficient (Wildman–Crippen LogP) is 1.83. The molecule has 0 aliphatic heterocycles. The van der Waals surface area contributed by atoms with Gasteiger partial charge in [0.15, 0.2) is 0 Å². The average Bonchev–Trinajstić information content (AvgIpc) is 2.35. The van der Waals surface area contributed by atoms with Crippen LogP contribution in [0.15, 0.2) is 24.3 Å². The number of non-ortho nitro benzene ring substituents is 1. The first-order valence-electron chi connectivity index (χ1n) is 4.84. The smallest absolute Gasteiger partial charge is 0.756 e. The SMILES string of the molecule is O=[N+]([O-])c1ccc(COP(=O)([O-])OCCCl)cc1.[Ag+]. The van der Waals surface area contributed by atoms with Gasteiger partial charge in [-0.25, -0.2) is 0 Å². The van der Waals surface area contributed by atoms with Crippen LogP contribution in [0.25, 0.3) is 0 Å². The summed E-state index contributed by atoms with van der Waals surface area (Å²) in [4.78, 5) is 21.0. The molecule has 0 radical (unpaired) electrons. The fraction of sp³-hybridized carbons (Fsp3) is 0.333. The average molecular weight is 402 g/mol. The first-order chi connectivity index (χ1) is 8.44. The Labute approximate surface area is 130 Å². The van der Waals surface area contributed by atoms with E-state index in [2.05, 4.69) is 9.05 Å². The van der Waals surface area contributed by atoms with E-state index in [1.54, 1.807) is 0 Å². The van der Waals surface area contributed by atoms with Gasteiger partial charge in [0.05, 0.1) is 18.1 Å². The Morgan fingerprint density at radius 3 is 2.32 bits per heavy atom. The van der Waals surface area contributed by atoms with Gasteiger partial charge in [-0.2, -0.15) is 0 Å². The Bertz CT molecular complexity index is 457. The molecule has 0 saturated carbocycles. The van der Waals surface area contributed by atoms with E-state index in [0.717, 1.165) is 0 Å². The van der Waals surface area contributed by atoms with Crippen LogP contribution in [0.3, 0.4) is 0 Å². The van der Waals surface area contributed by atoms with Crippen LogP contribution in [-0.4, -0.2) is 17.4 Å². The number of phosphoric ester groups is 1. The van der Waals surface area contributed by atoms with E-state index < -0.39 is 12.7 Å². The largest absolute Gasteiger partial charge is 1.00 e. The Morgan fingerprint density at radius 2 is 1.84 bits per heavy atom. The maximum atomic E-state index is 11.2. The van der Waals surface area contributed by atoms with Crippen LogP contribution in [-0.2, 0) is 42.6 Å². The van der Waals surface area contributed by atoms with Gasteiger partial charge in [0.2, 0.25) is 0 Å². The van der Waals surface area contributed by atoms with Crippen molar-refractivity contribution in [2.75, 3.05) is 12.5 Å². The zero-order valence-electron chi connectivity index (χ0n) is 9.45. The first-order valence-corrected chi connectivity index (χ1v) is 6.83. The van der Waals surface area contributed by atoms with Crippen LogP contribution >= 0.6 is 19.4 Å². The van der Waals surface area contributed by atoms with Crippen molar-refractivity contribution < 1.29 is 45.8 Å². The van der Waals surface area contributed by atoms with E-state index in [1.807, 2.05) is 0 Å². The summed E-state index contributed by atoms with van der Waals surface area (Å²) in [6, 6.07) is 5.32. The van der Waals surface area contributed by atoms with Crippen LogP contribution in [0.2, 0.25) is 0 Å². The number of halogens is 1. The second-order valence-corrected chi connectivity index (χ2v) is 4.96. The zero-order valence-corrected chi connectivity index (χ0v) is 12.6. The van der Waals surface area contributed by atoms with E-state index in [-0.39, 0.29) is 47.2 Å². The minimum Gasteiger partial charge on any atom is -0.756 e. The summed E-state index contributed by atoms with van der Waals surface area (Å²) in [5.41, 5.74) is 0.397. The fourth-order valence-electron chi connectivity index (χ4n) is 1.05. The Balaban J connectivity index is 0.00000324. The zero-order chi connectivity index (χ0) is 13.6. The van der Waals surface area contributed by atoms with Crippen molar-refractivity contribution in [2.24, 2.45) is 0 Å². The predicted molar refractivity (Wildman–Crippen MR) is 62.2 cm³/mol. The number of alkyl halides is 1. The molecule has 1 unspecified atom stereocenters. The molecular weight excluding hydrogens is 392 g/mol. The number of benzene rings is 1. The van der Waals surface area contributed by atoms with Gasteiger partial charge in [0.25, 0.3) is 13.5 Å². The summed E-state index contributed by atoms with van der Waals surface area (Å²) >= 11 is 5.27. The fourth-order valence-corrected chi connectivity index (χ4v) is 1.93. The second kappa shape index (κ2) is 8.84.